The Morgan fingerprint density at radius 3 is 2.68 bits per heavy atom. The molecule has 130 valence electrons. The van der Waals surface area contributed by atoms with Gasteiger partial charge in [-0.2, -0.15) is 5.10 Å². The average molecular weight is 455 g/mol. The second kappa shape index (κ2) is 8.42. The summed E-state index contributed by atoms with van der Waals surface area (Å²) in [4.78, 5) is 22.0. The smallest absolute Gasteiger partial charge is 0.271 e. The molecule has 0 radical (unpaired) electrons. The second-order valence-electron chi connectivity index (χ2n) is 4.79. The van der Waals surface area contributed by atoms with Gasteiger partial charge >= 0.3 is 0 Å². The van der Waals surface area contributed by atoms with Gasteiger partial charge in [0.1, 0.15) is 0 Å². The van der Waals surface area contributed by atoms with Crippen LogP contribution in [0.4, 0.5) is 5.69 Å². The molecule has 0 bridgehead atoms. The van der Waals surface area contributed by atoms with Crippen LogP contribution in [-0.2, 0) is 0 Å². The number of benzene rings is 2. The number of non-ortho nitro benzene ring substituents is 1. The number of hydrogen-bond donors (Lipinski definition) is 2. The van der Waals surface area contributed by atoms with Crippen LogP contribution in [0.25, 0.3) is 0 Å². The van der Waals surface area contributed by atoms with E-state index in [2.05, 4.69) is 10.5 Å². The molecule has 2 aromatic carbocycles. The Kier molecular flexibility index (Phi) is 6.28. The molecule has 2 aromatic rings. The van der Waals surface area contributed by atoms with Gasteiger partial charge in [-0.15, -0.1) is 0 Å². The van der Waals surface area contributed by atoms with E-state index in [1.807, 2.05) is 22.6 Å². The number of rotatable bonds is 6. The Balaban J connectivity index is 2.07. The van der Waals surface area contributed by atoms with Crippen LogP contribution < -0.4 is 10.2 Å². The Morgan fingerprint density at radius 2 is 2.08 bits per heavy atom. The maximum absolute atomic E-state index is 11.9. The molecule has 8 nitrogen and oxygen atoms in total. The van der Waals surface area contributed by atoms with Gasteiger partial charge < -0.3 is 9.84 Å². The van der Waals surface area contributed by atoms with Crippen molar-refractivity contribution in [3.8, 4) is 11.5 Å². The number of nitro benzene ring substituents is 1. The van der Waals surface area contributed by atoms with Crippen LogP contribution in [0, 0.1) is 13.7 Å². The van der Waals surface area contributed by atoms with Crippen molar-refractivity contribution in [1.29, 1.82) is 0 Å². The van der Waals surface area contributed by atoms with Crippen LogP contribution in [0.5, 0.6) is 11.5 Å². The molecule has 0 fully saturated rings. The van der Waals surface area contributed by atoms with E-state index in [0.29, 0.717) is 21.5 Å². The van der Waals surface area contributed by atoms with E-state index >= 15 is 0 Å². The van der Waals surface area contributed by atoms with Crippen LogP contribution >= 0.6 is 22.6 Å². The summed E-state index contributed by atoms with van der Waals surface area (Å²) in [6.07, 6.45) is 1.41. The lowest BCUT2D eigenvalue weighted by Gasteiger charge is -2.08. The van der Waals surface area contributed by atoms with Crippen LogP contribution in [-0.4, -0.2) is 28.8 Å². The first kappa shape index (κ1) is 18.6. The lowest BCUT2D eigenvalue weighted by Crippen LogP contribution is -2.17. The first-order chi connectivity index (χ1) is 11.9. The normalized spacial score (nSPS) is 10.6. The van der Waals surface area contributed by atoms with Crippen molar-refractivity contribution in [2.24, 2.45) is 5.10 Å². The van der Waals surface area contributed by atoms with Gasteiger partial charge in [0.15, 0.2) is 11.5 Å². The lowest BCUT2D eigenvalue weighted by atomic mass is 10.2. The van der Waals surface area contributed by atoms with Gasteiger partial charge in [0.2, 0.25) is 0 Å². The monoisotopic (exact) mass is 455 g/mol. The fraction of sp³-hybridized carbons (Fsp3) is 0.125. The van der Waals surface area contributed by atoms with E-state index in [1.54, 1.807) is 19.1 Å². The molecule has 1 amide bonds. The summed E-state index contributed by atoms with van der Waals surface area (Å²) >= 11 is 1.96. The second-order valence-corrected chi connectivity index (χ2v) is 5.95. The maximum Gasteiger partial charge on any atom is 0.271 e. The van der Waals surface area contributed by atoms with E-state index < -0.39 is 10.8 Å². The van der Waals surface area contributed by atoms with Gasteiger partial charge in [-0.1, -0.05) is 0 Å². The standard InChI is InChI=1S/C16H14IN3O5/c1-2-25-14-8-10(7-13(17)15(14)21)9-18-19-16(22)11-3-5-12(6-4-11)20(23)24/h3-9,21H,2H2,1H3,(H,19,22)/b18-9+. The molecule has 0 aliphatic carbocycles. The number of phenols is 1. The van der Waals surface area contributed by atoms with Crippen molar-refractivity contribution in [3.05, 3.63) is 61.2 Å². The molecule has 0 aliphatic rings. The van der Waals surface area contributed by atoms with Crippen molar-refractivity contribution in [2.75, 3.05) is 6.61 Å². The minimum absolute atomic E-state index is 0.0505. The molecule has 0 atom stereocenters. The first-order valence-corrected chi connectivity index (χ1v) is 8.23. The number of phenolic OH excluding ortho intramolecular Hbond substituents is 1. The molecule has 25 heavy (non-hydrogen) atoms. The number of nitro groups is 1. The Bertz CT molecular complexity index is 821. The third kappa shape index (κ3) is 4.89. The molecule has 2 rings (SSSR count). The molecule has 0 spiro atoms. The highest BCUT2D eigenvalue weighted by Crippen LogP contribution is 2.32. The predicted molar refractivity (Wildman–Crippen MR) is 100 cm³/mol. The van der Waals surface area contributed by atoms with E-state index in [1.165, 1.54) is 30.5 Å². The molecule has 0 aromatic heterocycles. The molecule has 9 heteroatoms. The van der Waals surface area contributed by atoms with Crippen molar-refractivity contribution in [2.45, 2.75) is 6.92 Å². The summed E-state index contributed by atoms with van der Waals surface area (Å²) in [7, 11) is 0. The summed E-state index contributed by atoms with van der Waals surface area (Å²) < 4.78 is 5.92. The number of nitrogens with zero attached hydrogens (tertiary/aromatic N) is 2. The van der Waals surface area contributed by atoms with Crippen molar-refractivity contribution in [3.63, 3.8) is 0 Å². The minimum atomic E-state index is -0.539. The summed E-state index contributed by atoms with van der Waals surface area (Å²) in [5.74, 6) is -0.114. The van der Waals surface area contributed by atoms with Crippen LogP contribution in [0.2, 0.25) is 0 Å². The van der Waals surface area contributed by atoms with Gasteiger partial charge in [-0.3, -0.25) is 14.9 Å². The van der Waals surface area contributed by atoms with E-state index in [-0.39, 0.29) is 17.0 Å². The largest absolute Gasteiger partial charge is 0.504 e. The van der Waals surface area contributed by atoms with E-state index in [9.17, 15) is 20.0 Å². The SMILES string of the molecule is CCOc1cc(/C=N/NC(=O)c2ccc([N+](=O)[O-])cc2)cc(I)c1O. The van der Waals surface area contributed by atoms with Crippen LogP contribution in [0.3, 0.4) is 0 Å². The summed E-state index contributed by atoms with van der Waals surface area (Å²) in [5.41, 5.74) is 3.12. The quantitative estimate of drug-likeness (QED) is 0.301. The fourth-order valence-corrected chi connectivity index (χ4v) is 2.52. The van der Waals surface area contributed by atoms with Gasteiger partial charge in [0.25, 0.3) is 11.6 Å². The maximum atomic E-state index is 11.9. The van der Waals surface area contributed by atoms with Crippen molar-refractivity contribution in [1.82, 2.24) is 5.43 Å². The first-order valence-electron chi connectivity index (χ1n) is 7.15. The molecule has 0 saturated heterocycles. The third-order valence-electron chi connectivity index (χ3n) is 3.07. The van der Waals surface area contributed by atoms with Gasteiger partial charge in [-0.25, -0.2) is 5.43 Å². The van der Waals surface area contributed by atoms with Gasteiger partial charge in [-0.05, 0) is 59.3 Å². The lowest BCUT2D eigenvalue weighted by molar-refractivity contribution is -0.384. The predicted octanol–water partition coefficient (Wildman–Crippen LogP) is 3.07. The van der Waals surface area contributed by atoms with E-state index in [4.69, 9.17) is 4.74 Å². The zero-order valence-corrected chi connectivity index (χ0v) is 15.3. The number of hydrazone groups is 1. The van der Waals surface area contributed by atoms with Crippen LogP contribution in [0.15, 0.2) is 41.5 Å². The number of halogens is 1. The zero-order valence-electron chi connectivity index (χ0n) is 13.1. The molecule has 0 unspecified atom stereocenters. The van der Waals surface area contributed by atoms with Gasteiger partial charge in [0, 0.05) is 17.7 Å². The highest BCUT2D eigenvalue weighted by atomic mass is 127. The fourth-order valence-electron chi connectivity index (χ4n) is 1.90. The Labute approximate surface area is 156 Å². The number of carbonyl (C=O) groups is 1. The number of aromatic hydroxyl groups is 1. The highest BCUT2D eigenvalue weighted by Gasteiger charge is 2.10. The molecule has 0 aliphatic heterocycles. The molecule has 2 N–H and O–H groups in total. The summed E-state index contributed by atoms with van der Waals surface area (Å²) in [5, 5.41) is 24.3. The number of carbonyl (C=O) groups excluding carboxylic acids is 1. The summed E-state index contributed by atoms with van der Waals surface area (Å²) in [6.45, 7) is 2.21. The third-order valence-corrected chi connectivity index (χ3v) is 3.89. The Morgan fingerprint density at radius 1 is 1.40 bits per heavy atom. The summed E-state index contributed by atoms with van der Waals surface area (Å²) in [6, 6.07) is 8.46. The number of amides is 1. The highest BCUT2D eigenvalue weighted by molar-refractivity contribution is 14.1. The Hall–Kier alpha value is -2.69. The molecule has 0 heterocycles. The van der Waals surface area contributed by atoms with Crippen molar-refractivity contribution >= 4 is 40.4 Å². The van der Waals surface area contributed by atoms with Gasteiger partial charge in [0.05, 0.1) is 21.3 Å². The number of hydrogen-bond acceptors (Lipinski definition) is 6. The molecular formula is C16H14IN3O5. The topological polar surface area (TPSA) is 114 Å². The number of nitrogens with one attached hydrogen (secondary N) is 1. The molecule has 0 saturated carbocycles. The van der Waals surface area contributed by atoms with Crippen LogP contribution in [0.1, 0.15) is 22.8 Å². The van der Waals surface area contributed by atoms with E-state index in [0.717, 1.165) is 0 Å². The minimum Gasteiger partial charge on any atom is -0.504 e. The van der Waals surface area contributed by atoms with Crippen molar-refractivity contribution < 1.29 is 19.6 Å². The zero-order chi connectivity index (χ0) is 18.4. The average Bonchev–Trinajstić information content (AvgIpc) is 2.59. The number of ether oxygens (including phenoxy) is 1. The molecular weight excluding hydrogens is 441 g/mol.